The fourth-order valence-corrected chi connectivity index (χ4v) is 2.54. The van der Waals surface area contributed by atoms with Gasteiger partial charge in [-0.2, -0.15) is 10.4 Å². The number of ether oxygens (including phenoxy) is 1. The van der Waals surface area contributed by atoms with E-state index in [1.807, 2.05) is 24.3 Å². The standard InChI is InChI=1S/C14H16N4O2S/c1-18-11-14(10-16-18)21(19)17-7-8-20-13-4-2-3-12(9-13)5-6-15/h2-4,9-11,17H,5,7-8H2,1H3. The molecule has 0 aliphatic heterocycles. The largest absolute Gasteiger partial charge is 0.492 e. The predicted molar refractivity (Wildman–Crippen MR) is 78.9 cm³/mol. The topological polar surface area (TPSA) is 79.9 Å². The monoisotopic (exact) mass is 304 g/mol. The SMILES string of the molecule is Cn1cc(S(=O)NCCOc2cccc(CC#N)c2)cn1. The third-order valence-electron chi connectivity index (χ3n) is 2.68. The Bertz CT molecular complexity index is 663. The average Bonchev–Trinajstić information content (AvgIpc) is 2.91. The van der Waals surface area contributed by atoms with Crippen molar-refractivity contribution in [2.24, 2.45) is 7.05 Å². The van der Waals surface area contributed by atoms with Crippen molar-refractivity contribution in [2.45, 2.75) is 11.3 Å². The summed E-state index contributed by atoms with van der Waals surface area (Å²) in [5.41, 5.74) is 0.918. The molecule has 6 nitrogen and oxygen atoms in total. The molecule has 2 rings (SSSR count). The quantitative estimate of drug-likeness (QED) is 0.779. The van der Waals surface area contributed by atoms with E-state index in [9.17, 15) is 4.21 Å². The van der Waals surface area contributed by atoms with E-state index in [4.69, 9.17) is 10.00 Å². The first-order valence-electron chi connectivity index (χ1n) is 6.41. The highest BCUT2D eigenvalue weighted by molar-refractivity contribution is 7.83. The Balaban J connectivity index is 1.76. The van der Waals surface area contributed by atoms with Crippen molar-refractivity contribution in [3.05, 3.63) is 42.2 Å². The van der Waals surface area contributed by atoms with Crippen LogP contribution < -0.4 is 9.46 Å². The van der Waals surface area contributed by atoms with Crippen LogP contribution in [-0.2, 0) is 24.5 Å². The summed E-state index contributed by atoms with van der Waals surface area (Å²) in [6.45, 7) is 0.839. The van der Waals surface area contributed by atoms with Crippen LogP contribution in [0.2, 0.25) is 0 Å². The zero-order chi connectivity index (χ0) is 15.1. The van der Waals surface area contributed by atoms with Gasteiger partial charge in [0.05, 0.1) is 23.6 Å². The van der Waals surface area contributed by atoms with E-state index in [1.54, 1.807) is 24.1 Å². The zero-order valence-electron chi connectivity index (χ0n) is 11.7. The minimum absolute atomic E-state index is 0.362. The lowest BCUT2D eigenvalue weighted by Gasteiger charge is -2.07. The Morgan fingerprint density at radius 2 is 2.38 bits per heavy atom. The van der Waals surface area contributed by atoms with Crippen LogP contribution in [0.3, 0.4) is 0 Å². The third kappa shape index (κ3) is 4.70. The summed E-state index contributed by atoms with van der Waals surface area (Å²) in [6.07, 6.45) is 3.63. The zero-order valence-corrected chi connectivity index (χ0v) is 12.5. The molecule has 0 bridgehead atoms. The van der Waals surface area contributed by atoms with Crippen LogP contribution >= 0.6 is 0 Å². The first-order valence-corrected chi connectivity index (χ1v) is 7.56. The highest BCUT2D eigenvalue weighted by Gasteiger charge is 2.05. The molecule has 1 unspecified atom stereocenters. The van der Waals surface area contributed by atoms with E-state index in [0.717, 1.165) is 5.56 Å². The molecule has 1 aromatic carbocycles. The molecule has 1 heterocycles. The van der Waals surface area contributed by atoms with Crippen molar-refractivity contribution >= 4 is 11.0 Å². The van der Waals surface area contributed by atoms with Gasteiger partial charge in [-0.15, -0.1) is 0 Å². The van der Waals surface area contributed by atoms with E-state index in [-0.39, 0.29) is 0 Å². The molecule has 1 N–H and O–H groups in total. The third-order valence-corrected chi connectivity index (χ3v) is 3.79. The van der Waals surface area contributed by atoms with Crippen LogP contribution in [0.1, 0.15) is 5.56 Å². The van der Waals surface area contributed by atoms with Gasteiger partial charge in [-0.1, -0.05) is 12.1 Å². The number of nitrogens with one attached hydrogen (secondary N) is 1. The molecule has 1 atom stereocenters. The summed E-state index contributed by atoms with van der Waals surface area (Å²) in [5.74, 6) is 0.705. The Morgan fingerprint density at radius 1 is 1.52 bits per heavy atom. The molecule has 0 saturated heterocycles. The molecule has 7 heteroatoms. The average molecular weight is 304 g/mol. The Labute approximate surface area is 125 Å². The number of hydrogen-bond donors (Lipinski definition) is 1. The van der Waals surface area contributed by atoms with Crippen LogP contribution in [0.4, 0.5) is 0 Å². The molecule has 2 aromatic rings. The molecule has 0 radical (unpaired) electrons. The molecule has 0 amide bonds. The van der Waals surface area contributed by atoms with Gasteiger partial charge in [-0.3, -0.25) is 4.68 Å². The van der Waals surface area contributed by atoms with Crippen molar-refractivity contribution in [1.82, 2.24) is 14.5 Å². The lowest BCUT2D eigenvalue weighted by atomic mass is 10.2. The maximum Gasteiger partial charge on any atom is 0.128 e. The first-order chi connectivity index (χ1) is 10.2. The van der Waals surface area contributed by atoms with Gasteiger partial charge in [0.1, 0.15) is 23.3 Å². The Hall–Kier alpha value is -2.17. The van der Waals surface area contributed by atoms with Crippen LogP contribution in [0.15, 0.2) is 41.6 Å². The summed E-state index contributed by atoms with van der Waals surface area (Å²) in [6, 6.07) is 9.50. The number of hydrogen-bond acceptors (Lipinski definition) is 4. The van der Waals surface area contributed by atoms with Gasteiger partial charge in [0.15, 0.2) is 0 Å². The molecular formula is C14H16N4O2S. The fraction of sp³-hybridized carbons (Fsp3) is 0.286. The van der Waals surface area contributed by atoms with Gasteiger partial charge in [0.25, 0.3) is 0 Å². The molecule has 0 aliphatic rings. The van der Waals surface area contributed by atoms with Crippen LogP contribution in [0.25, 0.3) is 0 Å². The molecule has 0 saturated carbocycles. The van der Waals surface area contributed by atoms with E-state index >= 15 is 0 Å². The summed E-state index contributed by atoms with van der Waals surface area (Å²) < 4.78 is 21.9. The van der Waals surface area contributed by atoms with Crippen molar-refractivity contribution in [3.8, 4) is 11.8 Å². The Kier molecular flexibility index (Phi) is 5.49. The minimum Gasteiger partial charge on any atom is -0.492 e. The molecule has 0 aliphatic carbocycles. The molecular weight excluding hydrogens is 288 g/mol. The highest BCUT2D eigenvalue weighted by atomic mass is 32.2. The van der Waals surface area contributed by atoms with Crippen molar-refractivity contribution in [3.63, 3.8) is 0 Å². The lowest BCUT2D eigenvalue weighted by molar-refractivity contribution is 0.323. The van der Waals surface area contributed by atoms with Crippen molar-refractivity contribution < 1.29 is 8.95 Å². The van der Waals surface area contributed by atoms with E-state index in [1.165, 1.54) is 0 Å². The summed E-state index contributed by atoms with van der Waals surface area (Å²) >= 11 is 0. The van der Waals surface area contributed by atoms with Crippen molar-refractivity contribution in [2.75, 3.05) is 13.2 Å². The predicted octanol–water partition coefficient (Wildman–Crippen LogP) is 1.18. The molecule has 110 valence electrons. The first kappa shape index (κ1) is 15.2. The molecule has 0 fully saturated rings. The van der Waals surface area contributed by atoms with Crippen molar-refractivity contribution in [1.29, 1.82) is 5.26 Å². The van der Waals surface area contributed by atoms with Gasteiger partial charge in [-0.25, -0.2) is 8.93 Å². The van der Waals surface area contributed by atoms with Crippen LogP contribution in [-0.4, -0.2) is 27.1 Å². The Morgan fingerprint density at radius 3 is 3.10 bits per heavy atom. The fourth-order valence-electron chi connectivity index (χ4n) is 1.72. The van der Waals surface area contributed by atoms with E-state index < -0.39 is 11.0 Å². The number of rotatable bonds is 7. The molecule has 21 heavy (non-hydrogen) atoms. The van der Waals surface area contributed by atoms with E-state index in [2.05, 4.69) is 15.9 Å². The number of aryl methyl sites for hydroxylation is 1. The normalized spacial score (nSPS) is 11.8. The second kappa shape index (κ2) is 7.57. The van der Waals surface area contributed by atoms with Gasteiger partial charge in [-0.05, 0) is 17.7 Å². The second-order valence-corrected chi connectivity index (χ2v) is 5.64. The number of benzene rings is 1. The summed E-state index contributed by atoms with van der Waals surface area (Å²) in [4.78, 5) is 0.633. The highest BCUT2D eigenvalue weighted by Crippen LogP contribution is 2.13. The number of nitrogens with zero attached hydrogens (tertiary/aromatic N) is 3. The van der Waals surface area contributed by atoms with Crippen LogP contribution in [0, 0.1) is 11.3 Å². The van der Waals surface area contributed by atoms with Gasteiger partial charge in [0.2, 0.25) is 0 Å². The second-order valence-electron chi connectivity index (χ2n) is 4.34. The maximum absolute atomic E-state index is 11.9. The molecule has 0 spiro atoms. The number of nitriles is 1. The van der Waals surface area contributed by atoms with Gasteiger partial charge < -0.3 is 4.74 Å². The number of aromatic nitrogens is 2. The van der Waals surface area contributed by atoms with Gasteiger partial charge in [0, 0.05) is 19.8 Å². The maximum atomic E-state index is 11.9. The van der Waals surface area contributed by atoms with Crippen LogP contribution in [0.5, 0.6) is 5.75 Å². The van der Waals surface area contributed by atoms with E-state index in [0.29, 0.717) is 30.2 Å². The summed E-state index contributed by atoms with van der Waals surface area (Å²) in [7, 11) is 0.492. The molecule has 1 aromatic heterocycles. The van der Waals surface area contributed by atoms with Gasteiger partial charge >= 0.3 is 0 Å². The smallest absolute Gasteiger partial charge is 0.128 e. The minimum atomic E-state index is -1.28. The summed E-state index contributed by atoms with van der Waals surface area (Å²) in [5, 5.41) is 12.6. The lowest BCUT2D eigenvalue weighted by Crippen LogP contribution is -2.23.